The molecule has 1 fully saturated rings. The zero-order valence-electron chi connectivity index (χ0n) is 13.3. The van der Waals surface area contributed by atoms with Crippen molar-refractivity contribution in [2.45, 2.75) is 12.8 Å². The van der Waals surface area contributed by atoms with Crippen LogP contribution in [-0.4, -0.2) is 45.2 Å². The van der Waals surface area contributed by atoms with Crippen molar-refractivity contribution in [3.05, 3.63) is 29.8 Å². The van der Waals surface area contributed by atoms with Gasteiger partial charge in [-0.05, 0) is 31.0 Å². The number of carbonyl (C=O) groups excluding carboxylic acids is 2. The highest BCUT2D eigenvalue weighted by Crippen LogP contribution is 2.30. The van der Waals surface area contributed by atoms with Gasteiger partial charge in [-0.25, -0.2) is 0 Å². The van der Waals surface area contributed by atoms with E-state index in [2.05, 4.69) is 16.0 Å². The highest BCUT2D eigenvalue weighted by Gasteiger charge is 2.29. The third kappa shape index (κ3) is 6.99. The number of halogens is 1. The van der Waals surface area contributed by atoms with Crippen LogP contribution in [0.3, 0.4) is 0 Å². The average molecular weight is 342 g/mol. The van der Waals surface area contributed by atoms with E-state index in [4.69, 9.17) is 4.74 Å². The summed E-state index contributed by atoms with van der Waals surface area (Å²) < 4.78 is 4.92. The van der Waals surface area contributed by atoms with Gasteiger partial charge < -0.3 is 20.7 Å². The van der Waals surface area contributed by atoms with E-state index in [1.165, 1.54) is 0 Å². The summed E-state index contributed by atoms with van der Waals surface area (Å²) in [4.78, 5) is 23.8. The van der Waals surface area contributed by atoms with Crippen LogP contribution in [0.2, 0.25) is 0 Å². The number of methoxy groups -OCH3 is 1. The summed E-state index contributed by atoms with van der Waals surface area (Å²) in [7, 11) is 1.65. The molecule has 0 atom stereocenters. The Labute approximate surface area is 142 Å². The van der Waals surface area contributed by atoms with Crippen LogP contribution in [0.4, 0.5) is 5.69 Å². The number of carbonyl (C=O) groups is 2. The molecule has 0 spiro atoms. The Morgan fingerprint density at radius 1 is 1.22 bits per heavy atom. The molecule has 1 aromatic rings. The van der Waals surface area contributed by atoms with E-state index >= 15 is 0 Å². The van der Waals surface area contributed by atoms with Gasteiger partial charge in [-0.3, -0.25) is 9.59 Å². The molecule has 0 aromatic heterocycles. The molecule has 7 heteroatoms. The Morgan fingerprint density at radius 3 is 2.70 bits per heavy atom. The Morgan fingerprint density at radius 2 is 2.00 bits per heavy atom. The van der Waals surface area contributed by atoms with Gasteiger partial charge in [-0.1, -0.05) is 6.07 Å². The van der Waals surface area contributed by atoms with Crippen molar-refractivity contribution in [3.63, 3.8) is 0 Å². The zero-order valence-corrected chi connectivity index (χ0v) is 14.1. The molecule has 3 N–H and O–H groups in total. The molecule has 2 rings (SSSR count). The summed E-state index contributed by atoms with van der Waals surface area (Å²) in [5.41, 5.74) is 1.22. The Kier molecular flexibility index (Phi) is 8.61. The van der Waals surface area contributed by atoms with Crippen molar-refractivity contribution >= 4 is 29.9 Å². The quantitative estimate of drug-likeness (QED) is 0.594. The summed E-state index contributed by atoms with van der Waals surface area (Å²) in [6.07, 6.45) is 1.92. The number of ether oxygens (including phenoxy) is 1. The first-order valence-electron chi connectivity index (χ1n) is 7.59. The number of rotatable bonds is 9. The summed E-state index contributed by atoms with van der Waals surface area (Å²) in [6.45, 7) is 2.64. The minimum absolute atomic E-state index is 0. The molecule has 1 aromatic carbocycles. The lowest BCUT2D eigenvalue weighted by Gasteiger charge is -2.09. The molecule has 1 saturated carbocycles. The van der Waals surface area contributed by atoms with Crippen LogP contribution >= 0.6 is 12.4 Å². The summed E-state index contributed by atoms with van der Waals surface area (Å²) in [5.74, 6) is 0.0478. The molecule has 0 heterocycles. The molecule has 0 bridgehead atoms. The van der Waals surface area contributed by atoms with Gasteiger partial charge in [0, 0.05) is 43.9 Å². The maximum atomic E-state index is 12.0. The van der Waals surface area contributed by atoms with Crippen LogP contribution < -0.4 is 16.0 Å². The van der Waals surface area contributed by atoms with E-state index < -0.39 is 0 Å². The first kappa shape index (κ1) is 19.4. The summed E-state index contributed by atoms with van der Waals surface area (Å²) in [5, 5.41) is 8.83. The van der Waals surface area contributed by atoms with Gasteiger partial charge >= 0.3 is 0 Å². The number of benzene rings is 1. The second kappa shape index (κ2) is 10.2. The van der Waals surface area contributed by atoms with E-state index in [9.17, 15) is 9.59 Å². The molecule has 0 saturated heterocycles. The Bertz CT molecular complexity index is 521. The van der Waals surface area contributed by atoms with Crippen LogP contribution in [0, 0.1) is 5.92 Å². The number of amides is 2. The predicted molar refractivity (Wildman–Crippen MR) is 92.1 cm³/mol. The molecule has 1 aliphatic rings. The molecule has 6 nitrogen and oxygen atoms in total. The minimum Gasteiger partial charge on any atom is -0.383 e. The number of hydrogen-bond donors (Lipinski definition) is 3. The molecule has 0 aliphatic heterocycles. The zero-order chi connectivity index (χ0) is 15.8. The van der Waals surface area contributed by atoms with Crippen molar-refractivity contribution in [1.29, 1.82) is 0 Å². The molecule has 128 valence electrons. The van der Waals surface area contributed by atoms with E-state index in [1.54, 1.807) is 31.4 Å². The third-order valence-corrected chi connectivity index (χ3v) is 3.41. The fourth-order valence-electron chi connectivity index (χ4n) is 1.99. The van der Waals surface area contributed by atoms with Gasteiger partial charge in [0.05, 0.1) is 6.61 Å². The van der Waals surface area contributed by atoms with Gasteiger partial charge in [0.1, 0.15) is 0 Å². The normalized spacial score (nSPS) is 13.1. The lowest BCUT2D eigenvalue weighted by atomic mass is 10.2. The van der Waals surface area contributed by atoms with Crippen molar-refractivity contribution in [2.24, 2.45) is 5.92 Å². The Hall–Kier alpha value is -1.63. The van der Waals surface area contributed by atoms with Crippen LogP contribution in [0.1, 0.15) is 23.2 Å². The highest BCUT2D eigenvalue weighted by molar-refractivity contribution is 5.98. The molecule has 2 amide bonds. The monoisotopic (exact) mass is 341 g/mol. The molecule has 1 aliphatic carbocycles. The van der Waals surface area contributed by atoms with Gasteiger partial charge in [0.2, 0.25) is 5.91 Å². The SMILES string of the molecule is COCCNCCNC(=O)c1cccc(NC(=O)C2CC2)c1.Cl. The smallest absolute Gasteiger partial charge is 0.251 e. The van der Waals surface area contributed by atoms with Gasteiger partial charge in [0.15, 0.2) is 0 Å². The lowest BCUT2D eigenvalue weighted by Crippen LogP contribution is -2.33. The predicted octanol–water partition coefficient (Wildman–Crippen LogP) is 1.42. The largest absolute Gasteiger partial charge is 0.383 e. The van der Waals surface area contributed by atoms with Crippen molar-refractivity contribution in [3.8, 4) is 0 Å². The minimum atomic E-state index is -0.143. The van der Waals surface area contributed by atoms with Crippen molar-refractivity contribution < 1.29 is 14.3 Å². The number of anilines is 1. The molecular formula is C16H24ClN3O3. The maximum Gasteiger partial charge on any atom is 0.251 e. The second-order valence-electron chi connectivity index (χ2n) is 5.34. The van der Waals surface area contributed by atoms with Crippen LogP contribution in [0.15, 0.2) is 24.3 Å². The third-order valence-electron chi connectivity index (χ3n) is 3.41. The van der Waals surface area contributed by atoms with E-state index in [1.807, 2.05) is 0 Å². The molecule has 0 unspecified atom stereocenters. The van der Waals surface area contributed by atoms with E-state index in [0.717, 1.165) is 19.4 Å². The number of hydrogen-bond acceptors (Lipinski definition) is 4. The first-order chi connectivity index (χ1) is 10.7. The van der Waals surface area contributed by atoms with Crippen molar-refractivity contribution in [1.82, 2.24) is 10.6 Å². The fraction of sp³-hybridized carbons (Fsp3) is 0.500. The highest BCUT2D eigenvalue weighted by atomic mass is 35.5. The first-order valence-corrected chi connectivity index (χ1v) is 7.59. The second-order valence-corrected chi connectivity index (χ2v) is 5.34. The van der Waals surface area contributed by atoms with Crippen molar-refractivity contribution in [2.75, 3.05) is 38.7 Å². The van der Waals surface area contributed by atoms with Crippen LogP contribution in [0.5, 0.6) is 0 Å². The number of nitrogens with one attached hydrogen (secondary N) is 3. The summed E-state index contributed by atoms with van der Waals surface area (Å²) >= 11 is 0. The van der Waals surface area contributed by atoms with Gasteiger partial charge in [0.25, 0.3) is 5.91 Å². The van der Waals surface area contributed by atoms with Crippen LogP contribution in [-0.2, 0) is 9.53 Å². The van der Waals surface area contributed by atoms with E-state index in [0.29, 0.717) is 30.9 Å². The topological polar surface area (TPSA) is 79.5 Å². The standard InChI is InChI=1S/C16H23N3O3.ClH/c1-22-10-9-17-7-8-18-15(20)13-3-2-4-14(11-13)19-16(21)12-5-6-12;/h2-4,11-12,17H,5-10H2,1H3,(H,18,20)(H,19,21);1H. The molecule has 0 radical (unpaired) electrons. The van der Waals surface area contributed by atoms with E-state index in [-0.39, 0.29) is 30.1 Å². The average Bonchev–Trinajstić information content (AvgIpc) is 3.35. The lowest BCUT2D eigenvalue weighted by molar-refractivity contribution is -0.117. The van der Waals surface area contributed by atoms with Gasteiger partial charge in [-0.15, -0.1) is 12.4 Å². The molecular weight excluding hydrogens is 318 g/mol. The summed E-state index contributed by atoms with van der Waals surface area (Å²) in [6, 6.07) is 7.01. The maximum absolute atomic E-state index is 12.0. The fourth-order valence-corrected chi connectivity index (χ4v) is 1.99. The van der Waals surface area contributed by atoms with Crippen LogP contribution in [0.25, 0.3) is 0 Å². The van der Waals surface area contributed by atoms with Gasteiger partial charge in [-0.2, -0.15) is 0 Å². The molecule has 23 heavy (non-hydrogen) atoms. The Balaban J connectivity index is 0.00000264.